The van der Waals surface area contributed by atoms with Crippen LogP contribution in [0.25, 0.3) is 27.0 Å². The Bertz CT molecular complexity index is 1050. The summed E-state index contributed by atoms with van der Waals surface area (Å²) in [7, 11) is 0. The lowest BCUT2D eigenvalue weighted by atomic mass is 10.1. The van der Waals surface area contributed by atoms with E-state index >= 15 is 0 Å². The molecule has 0 spiro atoms. The summed E-state index contributed by atoms with van der Waals surface area (Å²) in [5.41, 5.74) is 3.85. The molecule has 2 aliphatic heterocycles. The lowest BCUT2D eigenvalue weighted by Crippen LogP contribution is -2.48. The van der Waals surface area contributed by atoms with Crippen LogP contribution in [-0.4, -0.2) is 45.3 Å². The number of thiazole rings is 1. The van der Waals surface area contributed by atoms with Crippen LogP contribution in [0, 0.1) is 0 Å². The third kappa shape index (κ3) is 3.43. The molecular formula is C21H20FN5S. The monoisotopic (exact) mass is 393 g/mol. The van der Waals surface area contributed by atoms with Gasteiger partial charge >= 0.3 is 0 Å². The van der Waals surface area contributed by atoms with Crippen LogP contribution in [0.4, 0.5) is 4.39 Å². The molecule has 0 amide bonds. The maximum Gasteiger partial charge on any atom is 0.170 e. The second-order valence-corrected chi connectivity index (χ2v) is 8.14. The third-order valence-electron chi connectivity index (χ3n) is 5.15. The Hall–Kier alpha value is -2.64. The van der Waals surface area contributed by atoms with Gasteiger partial charge in [-0.1, -0.05) is 12.1 Å². The number of nitrogens with zero attached hydrogens (tertiary/aromatic N) is 4. The summed E-state index contributed by atoms with van der Waals surface area (Å²) in [6, 6.07) is 6.06. The van der Waals surface area contributed by atoms with Gasteiger partial charge in [0.05, 0.1) is 10.9 Å². The van der Waals surface area contributed by atoms with Crippen LogP contribution >= 0.6 is 11.3 Å². The zero-order valence-corrected chi connectivity index (χ0v) is 16.1. The van der Waals surface area contributed by atoms with E-state index in [0.717, 1.165) is 45.0 Å². The van der Waals surface area contributed by atoms with Crippen molar-refractivity contribution in [3.05, 3.63) is 60.1 Å². The highest BCUT2D eigenvalue weighted by Crippen LogP contribution is 2.31. The number of piperidine rings is 1. The maximum absolute atomic E-state index is 13.7. The number of hydrogen-bond donors (Lipinski definition) is 1. The highest BCUT2D eigenvalue weighted by molar-refractivity contribution is 7.19. The van der Waals surface area contributed by atoms with Crippen LogP contribution in [0.15, 0.2) is 55.1 Å². The summed E-state index contributed by atoms with van der Waals surface area (Å²) < 4.78 is 14.7. The quantitative estimate of drug-likeness (QED) is 0.729. The van der Waals surface area contributed by atoms with Crippen molar-refractivity contribution in [1.82, 2.24) is 25.2 Å². The van der Waals surface area contributed by atoms with E-state index in [1.165, 1.54) is 0 Å². The molecule has 2 aliphatic rings. The Morgan fingerprint density at radius 2 is 2.21 bits per heavy atom. The third-order valence-corrected chi connectivity index (χ3v) is 6.19. The van der Waals surface area contributed by atoms with Crippen LogP contribution in [-0.2, 0) is 0 Å². The number of hydrogen-bond acceptors (Lipinski definition) is 6. The van der Waals surface area contributed by atoms with Crippen molar-refractivity contribution in [3.8, 4) is 11.1 Å². The molecule has 1 fully saturated rings. The van der Waals surface area contributed by atoms with Crippen molar-refractivity contribution < 1.29 is 4.39 Å². The first kappa shape index (κ1) is 17.5. The second-order valence-electron chi connectivity index (χ2n) is 7.11. The summed E-state index contributed by atoms with van der Waals surface area (Å²) in [6.07, 6.45) is 12.5. The Morgan fingerprint density at radius 3 is 3.00 bits per heavy atom. The molecule has 0 radical (unpaired) electrons. The molecule has 1 N–H and O–H groups in total. The fraction of sp³-hybridized carbons (Fsp3) is 0.286. The number of dihydropyridines is 1. The topological polar surface area (TPSA) is 53.9 Å². The van der Waals surface area contributed by atoms with Gasteiger partial charge in [0, 0.05) is 54.6 Å². The van der Waals surface area contributed by atoms with Gasteiger partial charge in [0.1, 0.15) is 11.2 Å². The normalized spacial score (nSPS) is 22.8. The smallest absolute Gasteiger partial charge is 0.170 e. The SMILES string of the molecule is FC1CCCN(C2C=CC(c3nc4ncc(-c5cccnc5)cc4s3)=CN2)C1. The molecule has 0 bridgehead atoms. The Kier molecular flexibility index (Phi) is 4.62. The van der Waals surface area contributed by atoms with E-state index in [1.807, 2.05) is 30.7 Å². The number of likely N-dealkylation sites (tertiary alicyclic amines) is 1. The fourth-order valence-electron chi connectivity index (χ4n) is 3.67. The molecular weight excluding hydrogens is 373 g/mol. The molecule has 142 valence electrons. The standard InChI is InChI=1S/C21H20FN5S/c22-17-4-2-8-27(13-17)19-6-5-15(11-24-19)21-26-20-18(28-21)9-16(12-25-20)14-3-1-7-23-10-14/h1,3,5-7,9-12,17,19,24H,2,4,8,13H2. The van der Waals surface area contributed by atoms with E-state index in [4.69, 9.17) is 0 Å². The lowest BCUT2D eigenvalue weighted by molar-refractivity contribution is 0.108. The van der Waals surface area contributed by atoms with Gasteiger partial charge in [0.15, 0.2) is 5.65 Å². The van der Waals surface area contributed by atoms with Gasteiger partial charge in [0.25, 0.3) is 0 Å². The van der Waals surface area contributed by atoms with Gasteiger partial charge < -0.3 is 5.32 Å². The van der Waals surface area contributed by atoms with Gasteiger partial charge in [0.2, 0.25) is 0 Å². The van der Waals surface area contributed by atoms with Crippen molar-refractivity contribution in [2.24, 2.45) is 0 Å². The van der Waals surface area contributed by atoms with Crippen LogP contribution in [0.1, 0.15) is 17.8 Å². The minimum absolute atomic E-state index is 0.0481. The van der Waals surface area contributed by atoms with Crippen molar-refractivity contribution in [1.29, 1.82) is 0 Å². The van der Waals surface area contributed by atoms with E-state index in [2.05, 4.69) is 43.4 Å². The first-order valence-corrected chi connectivity index (χ1v) is 10.3. The minimum atomic E-state index is -0.723. The molecule has 3 aromatic heterocycles. The van der Waals surface area contributed by atoms with Crippen molar-refractivity contribution >= 4 is 27.3 Å². The highest BCUT2D eigenvalue weighted by atomic mass is 32.1. The summed E-state index contributed by atoms with van der Waals surface area (Å²) in [6.45, 7) is 1.42. The second kappa shape index (κ2) is 7.41. The van der Waals surface area contributed by atoms with Crippen molar-refractivity contribution in [2.75, 3.05) is 13.1 Å². The molecule has 2 unspecified atom stereocenters. The number of rotatable bonds is 3. The van der Waals surface area contributed by atoms with Crippen LogP contribution in [0.2, 0.25) is 0 Å². The van der Waals surface area contributed by atoms with E-state index < -0.39 is 6.17 Å². The molecule has 5 heterocycles. The average Bonchev–Trinajstić information content (AvgIpc) is 3.18. The van der Waals surface area contributed by atoms with Gasteiger partial charge in [-0.05, 0) is 31.1 Å². The fourth-order valence-corrected chi connectivity index (χ4v) is 4.63. The molecule has 5 nitrogen and oxygen atoms in total. The number of halogens is 1. The van der Waals surface area contributed by atoms with Crippen LogP contribution < -0.4 is 5.32 Å². The van der Waals surface area contributed by atoms with Crippen molar-refractivity contribution in [3.63, 3.8) is 0 Å². The Morgan fingerprint density at radius 1 is 1.25 bits per heavy atom. The van der Waals surface area contributed by atoms with Gasteiger partial charge in [-0.15, -0.1) is 11.3 Å². The molecule has 2 atom stereocenters. The number of allylic oxidation sites excluding steroid dienone is 2. The lowest BCUT2D eigenvalue weighted by Gasteiger charge is -2.35. The Labute approximate surface area is 166 Å². The van der Waals surface area contributed by atoms with Gasteiger partial charge in [-0.25, -0.2) is 14.4 Å². The number of nitrogens with one attached hydrogen (secondary N) is 1. The average molecular weight is 393 g/mol. The first-order valence-electron chi connectivity index (χ1n) is 9.46. The zero-order chi connectivity index (χ0) is 18.9. The summed E-state index contributed by atoms with van der Waals surface area (Å²) in [5.74, 6) is 0. The van der Waals surface area contributed by atoms with E-state index in [-0.39, 0.29) is 6.17 Å². The highest BCUT2D eigenvalue weighted by Gasteiger charge is 2.25. The van der Waals surface area contributed by atoms with Gasteiger partial charge in [-0.2, -0.15) is 0 Å². The number of pyridine rings is 2. The predicted molar refractivity (Wildman–Crippen MR) is 110 cm³/mol. The molecule has 5 rings (SSSR count). The Balaban J connectivity index is 1.36. The molecule has 0 saturated carbocycles. The van der Waals surface area contributed by atoms with Crippen LogP contribution in [0.3, 0.4) is 0 Å². The molecule has 0 aliphatic carbocycles. The summed E-state index contributed by atoms with van der Waals surface area (Å²) >= 11 is 1.62. The molecule has 7 heteroatoms. The van der Waals surface area contributed by atoms with E-state index in [0.29, 0.717) is 13.0 Å². The predicted octanol–water partition coefficient (Wildman–Crippen LogP) is 4.01. The number of fused-ring (bicyclic) bond motifs is 1. The van der Waals surface area contributed by atoms with Crippen LogP contribution in [0.5, 0.6) is 0 Å². The van der Waals surface area contributed by atoms with Gasteiger partial charge in [-0.3, -0.25) is 9.88 Å². The summed E-state index contributed by atoms with van der Waals surface area (Å²) in [4.78, 5) is 15.5. The molecule has 28 heavy (non-hydrogen) atoms. The molecule has 1 saturated heterocycles. The van der Waals surface area contributed by atoms with Crippen molar-refractivity contribution in [2.45, 2.75) is 25.2 Å². The molecule has 0 aromatic carbocycles. The zero-order valence-electron chi connectivity index (χ0n) is 15.3. The maximum atomic E-state index is 13.7. The first-order chi connectivity index (χ1) is 13.8. The largest absolute Gasteiger partial charge is 0.372 e. The van der Waals surface area contributed by atoms with E-state index in [1.54, 1.807) is 17.5 Å². The number of alkyl halides is 1. The number of aromatic nitrogens is 3. The van der Waals surface area contributed by atoms with E-state index in [9.17, 15) is 4.39 Å². The summed E-state index contributed by atoms with van der Waals surface area (Å²) in [5, 5.41) is 4.31. The minimum Gasteiger partial charge on any atom is -0.372 e. The molecule has 3 aromatic rings.